The molecule has 0 aromatic rings. The van der Waals surface area contributed by atoms with Gasteiger partial charge in [0.2, 0.25) is 5.91 Å². The number of hydrogen-bond donors (Lipinski definition) is 3. The molecule has 0 bridgehead atoms. The van der Waals surface area contributed by atoms with Gasteiger partial charge in [-0.15, -0.1) is 0 Å². The number of thioether (sulfide) groups is 1. The first-order valence-electron chi connectivity index (χ1n) is 6.84. The molecule has 3 atom stereocenters. The van der Waals surface area contributed by atoms with E-state index in [0.717, 1.165) is 31.6 Å². The molecular weight excluding hydrogens is 264 g/mol. The SMILES string of the molecule is CCC1CCNC(C(=O)NC(CCSC)C(=O)O)C1. The lowest BCUT2D eigenvalue weighted by Gasteiger charge is -2.29. The van der Waals surface area contributed by atoms with E-state index in [1.807, 2.05) is 6.26 Å². The van der Waals surface area contributed by atoms with Crippen molar-refractivity contribution in [2.24, 2.45) is 5.92 Å². The van der Waals surface area contributed by atoms with Crippen molar-refractivity contribution in [1.29, 1.82) is 0 Å². The lowest BCUT2D eigenvalue weighted by atomic mass is 9.90. The van der Waals surface area contributed by atoms with Crippen LogP contribution in [0.15, 0.2) is 0 Å². The Hall–Kier alpha value is -0.750. The average Bonchev–Trinajstić information content (AvgIpc) is 2.42. The quantitative estimate of drug-likeness (QED) is 0.653. The highest BCUT2D eigenvalue weighted by atomic mass is 32.2. The third-order valence-electron chi connectivity index (χ3n) is 3.63. The van der Waals surface area contributed by atoms with Gasteiger partial charge in [-0.05, 0) is 43.7 Å². The maximum atomic E-state index is 12.1. The van der Waals surface area contributed by atoms with Crippen LogP contribution in [0.4, 0.5) is 0 Å². The molecule has 1 fully saturated rings. The number of amides is 1. The summed E-state index contributed by atoms with van der Waals surface area (Å²) < 4.78 is 0. The Kier molecular flexibility index (Phi) is 7.23. The maximum absolute atomic E-state index is 12.1. The van der Waals surface area contributed by atoms with Gasteiger partial charge in [-0.1, -0.05) is 13.3 Å². The van der Waals surface area contributed by atoms with Crippen molar-refractivity contribution in [2.45, 2.75) is 44.7 Å². The van der Waals surface area contributed by atoms with E-state index < -0.39 is 12.0 Å². The standard InChI is InChI=1S/C13H24N2O3S/c1-3-9-4-6-14-11(8-9)12(16)15-10(13(17)18)5-7-19-2/h9-11,14H,3-8H2,1-2H3,(H,15,16)(H,17,18). The number of nitrogens with one attached hydrogen (secondary N) is 2. The lowest BCUT2D eigenvalue weighted by molar-refractivity contribution is -0.142. The Labute approximate surface area is 118 Å². The van der Waals surface area contributed by atoms with E-state index in [1.165, 1.54) is 0 Å². The van der Waals surface area contributed by atoms with E-state index in [0.29, 0.717) is 12.3 Å². The molecule has 3 unspecified atom stereocenters. The van der Waals surface area contributed by atoms with Gasteiger partial charge in [-0.3, -0.25) is 4.79 Å². The summed E-state index contributed by atoms with van der Waals surface area (Å²) in [5.41, 5.74) is 0. The molecule has 1 aliphatic heterocycles. The highest BCUT2D eigenvalue weighted by Crippen LogP contribution is 2.19. The van der Waals surface area contributed by atoms with Crippen LogP contribution in [0.1, 0.15) is 32.6 Å². The van der Waals surface area contributed by atoms with E-state index in [9.17, 15) is 9.59 Å². The lowest BCUT2D eigenvalue weighted by Crippen LogP contribution is -2.53. The molecule has 1 saturated heterocycles. The fourth-order valence-electron chi connectivity index (χ4n) is 2.33. The van der Waals surface area contributed by atoms with Crippen molar-refractivity contribution < 1.29 is 14.7 Å². The first-order chi connectivity index (χ1) is 9.08. The molecule has 6 heteroatoms. The molecule has 0 aliphatic carbocycles. The Morgan fingerprint density at radius 2 is 2.26 bits per heavy atom. The van der Waals surface area contributed by atoms with Crippen molar-refractivity contribution in [3.05, 3.63) is 0 Å². The van der Waals surface area contributed by atoms with Crippen LogP contribution in [-0.2, 0) is 9.59 Å². The second-order valence-corrected chi connectivity index (χ2v) is 5.97. The number of hydrogen-bond acceptors (Lipinski definition) is 4. The van der Waals surface area contributed by atoms with Crippen LogP contribution in [0.5, 0.6) is 0 Å². The molecule has 1 rings (SSSR count). The van der Waals surface area contributed by atoms with Crippen LogP contribution in [0.25, 0.3) is 0 Å². The summed E-state index contributed by atoms with van der Waals surface area (Å²) in [6, 6.07) is -1.02. The zero-order valence-electron chi connectivity index (χ0n) is 11.6. The molecule has 0 aromatic heterocycles. The molecule has 19 heavy (non-hydrogen) atoms. The van der Waals surface area contributed by atoms with Gasteiger partial charge in [0.25, 0.3) is 0 Å². The molecule has 3 N–H and O–H groups in total. The molecule has 0 saturated carbocycles. The molecule has 1 heterocycles. The summed E-state index contributed by atoms with van der Waals surface area (Å²) in [7, 11) is 0. The second kappa shape index (κ2) is 8.43. The molecule has 1 amide bonds. The van der Waals surface area contributed by atoms with Crippen LogP contribution >= 0.6 is 11.8 Å². The fraction of sp³-hybridized carbons (Fsp3) is 0.846. The summed E-state index contributed by atoms with van der Waals surface area (Å²) in [5.74, 6) is 0.163. The van der Waals surface area contributed by atoms with Crippen LogP contribution in [0, 0.1) is 5.92 Å². The summed E-state index contributed by atoms with van der Waals surface area (Å²) in [6.45, 7) is 2.96. The van der Waals surface area contributed by atoms with Crippen molar-refractivity contribution in [3.63, 3.8) is 0 Å². The summed E-state index contributed by atoms with van der Waals surface area (Å²) in [4.78, 5) is 23.2. The Balaban J connectivity index is 2.48. The summed E-state index contributed by atoms with van der Waals surface area (Å²) in [6.07, 6.45) is 5.36. The van der Waals surface area contributed by atoms with Gasteiger partial charge in [0.05, 0.1) is 6.04 Å². The molecular formula is C13H24N2O3S. The number of carboxylic acid groups (broad SMARTS) is 1. The predicted molar refractivity (Wildman–Crippen MR) is 77.4 cm³/mol. The topological polar surface area (TPSA) is 78.4 Å². The van der Waals surface area contributed by atoms with Crippen LogP contribution in [0.3, 0.4) is 0 Å². The number of aliphatic carboxylic acids is 1. The number of piperidine rings is 1. The van der Waals surface area contributed by atoms with Gasteiger partial charge in [0.15, 0.2) is 0 Å². The highest BCUT2D eigenvalue weighted by molar-refractivity contribution is 7.98. The molecule has 110 valence electrons. The second-order valence-electron chi connectivity index (χ2n) is 4.99. The van der Waals surface area contributed by atoms with E-state index in [2.05, 4.69) is 17.6 Å². The normalized spacial score (nSPS) is 24.7. The zero-order valence-corrected chi connectivity index (χ0v) is 12.5. The third kappa shape index (κ3) is 5.40. The van der Waals surface area contributed by atoms with E-state index in [1.54, 1.807) is 11.8 Å². The van der Waals surface area contributed by atoms with Crippen molar-refractivity contribution in [2.75, 3.05) is 18.6 Å². The van der Waals surface area contributed by atoms with E-state index >= 15 is 0 Å². The highest BCUT2D eigenvalue weighted by Gasteiger charge is 2.28. The van der Waals surface area contributed by atoms with E-state index in [4.69, 9.17) is 5.11 Å². The van der Waals surface area contributed by atoms with Crippen molar-refractivity contribution in [1.82, 2.24) is 10.6 Å². The number of carboxylic acids is 1. The smallest absolute Gasteiger partial charge is 0.326 e. The van der Waals surface area contributed by atoms with Gasteiger partial charge in [0.1, 0.15) is 6.04 Å². The number of carbonyl (C=O) groups is 2. The third-order valence-corrected chi connectivity index (χ3v) is 4.28. The molecule has 0 spiro atoms. The minimum atomic E-state index is -0.953. The molecule has 5 nitrogen and oxygen atoms in total. The van der Waals surface area contributed by atoms with Gasteiger partial charge >= 0.3 is 5.97 Å². The molecule has 0 radical (unpaired) electrons. The van der Waals surface area contributed by atoms with Gasteiger partial charge in [-0.25, -0.2) is 4.79 Å². The first kappa shape index (κ1) is 16.3. The Morgan fingerprint density at radius 1 is 1.53 bits per heavy atom. The van der Waals surface area contributed by atoms with Crippen LogP contribution in [-0.4, -0.2) is 47.6 Å². The van der Waals surface area contributed by atoms with Crippen molar-refractivity contribution in [3.8, 4) is 0 Å². The monoisotopic (exact) mass is 288 g/mol. The van der Waals surface area contributed by atoms with Crippen LogP contribution < -0.4 is 10.6 Å². The zero-order chi connectivity index (χ0) is 14.3. The Bertz CT molecular complexity index is 312. The largest absolute Gasteiger partial charge is 0.480 e. The van der Waals surface area contributed by atoms with Crippen LogP contribution in [0.2, 0.25) is 0 Å². The average molecular weight is 288 g/mol. The minimum Gasteiger partial charge on any atom is -0.480 e. The predicted octanol–water partition coefficient (Wildman–Crippen LogP) is 1.09. The van der Waals surface area contributed by atoms with Gasteiger partial charge in [-0.2, -0.15) is 11.8 Å². The number of rotatable bonds is 7. The van der Waals surface area contributed by atoms with E-state index in [-0.39, 0.29) is 11.9 Å². The fourth-order valence-corrected chi connectivity index (χ4v) is 2.80. The van der Waals surface area contributed by atoms with Gasteiger partial charge < -0.3 is 15.7 Å². The number of carbonyl (C=O) groups excluding carboxylic acids is 1. The first-order valence-corrected chi connectivity index (χ1v) is 8.23. The Morgan fingerprint density at radius 3 is 2.84 bits per heavy atom. The maximum Gasteiger partial charge on any atom is 0.326 e. The molecule has 1 aliphatic rings. The van der Waals surface area contributed by atoms with Gasteiger partial charge in [0, 0.05) is 0 Å². The minimum absolute atomic E-state index is 0.174. The molecule has 0 aromatic carbocycles. The van der Waals surface area contributed by atoms with Crippen molar-refractivity contribution >= 4 is 23.6 Å². The summed E-state index contributed by atoms with van der Waals surface area (Å²) >= 11 is 1.58. The summed E-state index contributed by atoms with van der Waals surface area (Å²) in [5, 5.41) is 14.9.